The first kappa shape index (κ1) is 16.6. The van der Waals surface area contributed by atoms with Gasteiger partial charge in [0.15, 0.2) is 23.2 Å². The second kappa shape index (κ2) is 6.17. The van der Waals surface area contributed by atoms with Crippen LogP contribution >= 0.6 is 0 Å². The summed E-state index contributed by atoms with van der Waals surface area (Å²) in [6.07, 6.45) is 4.61. The van der Waals surface area contributed by atoms with E-state index in [4.69, 9.17) is 4.74 Å². The van der Waals surface area contributed by atoms with E-state index in [0.717, 1.165) is 12.8 Å². The van der Waals surface area contributed by atoms with E-state index in [1.807, 2.05) is 0 Å². The lowest BCUT2D eigenvalue weighted by Crippen LogP contribution is -2.46. The molecule has 4 N–H and O–H groups in total. The molecule has 9 nitrogen and oxygen atoms in total. The summed E-state index contributed by atoms with van der Waals surface area (Å²) in [5, 5.41) is 33.7. The third kappa shape index (κ3) is 2.67. The predicted octanol–water partition coefficient (Wildman–Crippen LogP) is 0.182. The van der Waals surface area contributed by atoms with E-state index >= 15 is 0 Å². The fourth-order valence-electron chi connectivity index (χ4n) is 3.71. The molecule has 2 aromatic rings. The fraction of sp³-hybridized carbons (Fsp3) is 0.688. The van der Waals surface area contributed by atoms with Crippen LogP contribution in [-0.2, 0) is 4.74 Å². The van der Waals surface area contributed by atoms with Gasteiger partial charge in [-0.1, -0.05) is 12.8 Å². The van der Waals surface area contributed by atoms with Crippen molar-refractivity contribution in [3.8, 4) is 0 Å². The molecular formula is C16H23N5O4. The second-order valence-electron chi connectivity index (χ2n) is 7.04. The highest BCUT2D eigenvalue weighted by Crippen LogP contribution is 2.38. The highest BCUT2D eigenvalue weighted by molar-refractivity contribution is 5.82. The van der Waals surface area contributed by atoms with Crippen LogP contribution < -0.4 is 5.32 Å². The fourth-order valence-corrected chi connectivity index (χ4v) is 3.71. The first-order chi connectivity index (χ1) is 12.0. The number of hydrogen-bond donors (Lipinski definition) is 4. The van der Waals surface area contributed by atoms with Gasteiger partial charge in [-0.25, -0.2) is 15.0 Å². The highest BCUT2D eigenvalue weighted by Gasteiger charge is 2.52. The number of hydrogen-bond acceptors (Lipinski definition) is 8. The number of imidazole rings is 1. The minimum atomic E-state index is -1.56. The Labute approximate surface area is 144 Å². The number of aliphatic hydroxyl groups is 3. The van der Waals surface area contributed by atoms with Gasteiger partial charge < -0.3 is 25.4 Å². The van der Waals surface area contributed by atoms with Crippen molar-refractivity contribution in [1.82, 2.24) is 19.5 Å². The van der Waals surface area contributed by atoms with Gasteiger partial charge in [0, 0.05) is 6.04 Å². The standard InChI is InChI=1S/C16H23N5O4/c1-16(24)10(6-22)25-15(12(16)23)21-8-19-11-13(17-7-18-14(11)21)20-9-4-2-3-5-9/h7-10,12,15,22-24H,2-6H2,1H3,(H,17,18,20). The van der Waals surface area contributed by atoms with E-state index in [9.17, 15) is 15.3 Å². The van der Waals surface area contributed by atoms with Crippen molar-refractivity contribution in [2.24, 2.45) is 0 Å². The molecule has 2 aromatic heterocycles. The van der Waals surface area contributed by atoms with E-state index in [1.54, 1.807) is 4.57 Å². The van der Waals surface area contributed by atoms with E-state index in [0.29, 0.717) is 23.0 Å². The van der Waals surface area contributed by atoms with Crippen LogP contribution in [0.2, 0.25) is 0 Å². The van der Waals surface area contributed by atoms with Crippen LogP contribution in [0.1, 0.15) is 38.8 Å². The number of fused-ring (bicyclic) bond motifs is 1. The largest absolute Gasteiger partial charge is 0.394 e. The Kier molecular flexibility index (Phi) is 4.11. The maximum atomic E-state index is 10.5. The summed E-state index contributed by atoms with van der Waals surface area (Å²) in [7, 11) is 0. The molecular weight excluding hydrogens is 326 g/mol. The lowest BCUT2D eigenvalue weighted by atomic mass is 9.95. The first-order valence-electron chi connectivity index (χ1n) is 8.63. The van der Waals surface area contributed by atoms with Crippen LogP contribution in [0.3, 0.4) is 0 Å². The SMILES string of the molecule is CC1(O)C(CO)OC(n2cnc3c(NC4CCCC4)ncnc32)C1O. The van der Waals surface area contributed by atoms with Crippen molar-refractivity contribution in [1.29, 1.82) is 0 Å². The molecule has 0 aromatic carbocycles. The van der Waals surface area contributed by atoms with Gasteiger partial charge >= 0.3 is 0 Å². The number of nitrogens with one attached hydrogen (secondary N) is 1. The van der Waals surface area contributed by atoms with Gasteiger partial charge in [-0.2, -0.15) is 0 Å². The zero-order valence-electron chi connectivity index (χ0n) is 14.0. The Morgan fingerprint density at radius 2 is 2.08 bits per heavy atom. The van der Waals surface area contributed by atoms with Crippen molar-refractivity contribution >= 4 is 17.0 Å². The number of aliphatic hydroxyl groups excluding tert-OH is 2. The number of rotatable bonds is 4. The molecule has 2 fully saturated rings. The van der Waals surface area contributed by atoms with Crippen LogP contribution in [0, 0.1) is 0 Å². The number of ether oxygens (including phenoxy) is 1. The molecule has 9 heteroatoms. The summed E-state index contributed by atoms with van der Waals surface area (Å²) in [5.74, 6) is 0.661. The summed E-state index contributed by atoms with van der Waals surface area (Å²) in [6.45, 7) is 1.05. The molecule has 1 saturated carbocycles. The Bertz CT molecular complexity index is 758. The number of nitrogens with zero attached hydrogens (tertiary/aromatic N) is 4. The van der Waals surface area contributed by atoms with Crippen molar-refractivity contribution in [3.05, 3.63) is 12.7 Å². The predicted molar refractivity (Wildman–Crippen MR) is 88.8 cm³/mol. The molecule has 2 aliphatic rings. The van der Waals surface area contributed by atoms with Crippen molar-refractivity contribution in [3.63, 3.8) is 0 Å². The maximum Gasteiger partial charge on any atom is 0.167 e. The summed E-state index contributed by atoms with van der Waals surface area (Å²) in [5.41, 5.74) is -0.459. The summed E-state index contributed by atoms with van der Waals surface area (Å²) in [4.78, 5) is 12.9. The van der Waals surface area contributed by atoms with E-state index in [2.05, 4.69) is 20.3 Å². The van der Waals surface area contributed by atoms with E-state index in [-0.39, 0.29) is 0 Å². The van der Waals surface area contributed by atoms with Gasteiger partial charge in [0.1, 0.15) is 24.1 Å². The smallest absolute Gasteiger partial charge is 0.167 e. The third-order valence-corrected chi connectivity index (χ3v) is 5.32. The average Bonchev–Trinajstić information content (AvgIpc) is 3.29. The highest BCUT2D eigenvalue weighted by atomic mass is 16.6. The lowest BCUT2D eigenvalue weighted by Gasteiger charge is -2.25. The average molecular weight is 349 g/mol. The Balaban J connectivity index is 1.67. The minimum absolute atomic E-state index is 0.385. The Morgan fingerprint density at radius 1 is 1.32 bits per heavy atom. The minimum Gasteiger partial charge on any atom is -0.394 e. The maximum absolute atomic E-state index is 10.5. The molecule has 1 aliphatic carbocycles. The zero-order valence-corrected chi connectivity index (χ0v) is 14.0. The molecule has 4 rings (SSSR count). The molecule has 1 saturated heterocycles. The topological polar surface area (TPSA) is 126 Å². The molecule has 0 radical (unpaired) electrons. The Hall–Kier alpha value is -1.81. The molecule has 4 atom stereocenters. The quantitative estimate of drug-likeness (QED) is 0.616. The van der Waals surface area contributed by atoms with Crippen LogP contribution in [0.5, 0.6) is 0 Å². The molecule has 3 heterocycles. The van der Waals surface area contributed by atoms with Crippen LogP contribution in [0.15, 0.2) is 12.7 Å². The summed E-state index contributed by atoms with van der Waals surface area (Å²) >= 11 is 0. The molecule has 4 unspecified atom stereocenters. The Morgan fingerprint density at radius 3 is 2.76 bits per heavy atom. The molecule has 1 aliphatic heterocycles. The van der Waals surface area contributed by atoms with Crippen LogP contribution in [0.4, 0.5) is 5.82 Å². The lowest BCUT2D eigenvalue weighted by molar-refractivity contribution is -0.0804. The summed E-state index contributed by atoms with van der Waals surface area (Å²) < 4.78 is 7.23. The van der Waals surface area contributed by atoms with Gasteiger partial charge in [-0.15, -0.1) is 0 Å². The molecule has 0 spiro atoms. The number of aromatic nitrogens is 4. The van der Waals surface area contributed by atoms with E-state index < -0.39 is 30.6 Å². The molecule has 25 heavy (non-hydrogen) atoms. The van der Waals surface area contributed by atoms with Gasteiger partial charge in [0.05, 0.1) is 12.9 Å². The third-order valence-electron chi connectivity index (χ3n) is 5.32. The molecule has 0 amide bonds. The van der Waals surface area contributed by atoms with Gasteiger partial charge in [-0.05, 0) is 19.8 Å². The summed E-state index contributed by atoms with van der Waals surface area (Å²) in [6, 6.07) is 0.385. The van der Waals surface area contributed by atoms with Crippen molar-refractivity contribution in [2.75, 3.05) is 11.9 Å². The van der Waals surface area contributed by atoms with Gasteiger partial charge in [-0.3, -0.25) is 4.57 Å². The van der Waals surface area contributed by atoms with E-state index in [1.165, 1.54) is 32.4 Å². The van der Waals surface area contributed by atoms with Crippen LogP contribution in [-0.4, -0.2) is 65.3 Å². The van der Waals surface area contributed by atoms with Gasteiger partial charge in [0.2, 0.25) is 0 Å². The monoisotopic (exact) mass is 349 g/mol. The van der Waals surface area contributed by atoms with Crippen molar-refractivity contribution < 1.29 is 20.1 Å². The normalized spacial score (nSPS) is 33.4. The van der Waals surface area contributed by atoms with Gasteiger partial charge in [0.25, 0.3) is 0 Å². The molecule has 0 bridgehead atoms. The molecule has 136 valence electrons. The second-order valence-corrected chi connectivity index (χ2v) is 7.04. The number of anilines is 1. The van der Waals surface area contributed by atoms with Crippen molar-refractivity contribution in [2.45, 2.75) is 62.7 Å². The first-order valence-corrected chi connectivity index (χ1v) is 8.63. The zero-order chi connectivity index (χ0) is 17.6. The van der Waals surface area contributed by atoms with Crippen LogP contribution in [0.25, 0.3) is 11.2 Å².